The molecule has 1 aromatic carbocycles. The monoisotopic (exact) mass is 568 g/mol. The average Bonchev–Trinajstić information content (AvgIpc) is 3.27. The van der Waals surface area contributed by atoms with Crippen LogP contribution in [-0.2, 0) is 16.0 Å². The van der Waals surface area contributed by atoms with Gasteiger partial charge in [0.1, 0.15) is 12.4 Å². The van der Waals surface area contributed by atoms with E-state index in [1.54, 1.807) is 17.9 Å². The van der Waals surface area contributed by atoms with Crippen molar-refractivity contribution in [1.82, 2.24) is 19.8 Å². The molecule has 11 heteroatoms. The summed E-state index contributed by atoms with van der Waals surface area (Å²) in [7, 11) is 1.50. The second-order valence-corrected chi connectivity index (χ2v) is 10.4. The van der Waals surface area contributed by atoms with Crippen molar-refractivity contribution in [3.8, 4) is 5.75 Å². The van der Waals surface area contributed by atoms with Gasteiger partial charge in [-0.05, 0) is 51.7 Å². The minimum atomic E-state index is -0.353. The molecule has 0 spiro atoms. The molecule has 1 saturated heterocycles. The third-order valence-electron chi connectivity index (χ3n) is 7.83. The van der Waals surface area contributed by atoms with Gasteiger partial charge in [-0.3, -0.25) is 9.59 Å². The highest BCUT2D eigenvalue weighted by Crippen LogP contribution is 2.36. The zero-order valence-corrected chi connectivity index (χ0v) is 24.2. The number of aryl methyl sites for hydroxylation is 1. The molecule has 0 radical (unpaired) electrons. The number of hydrogen-bond donors (Lipinski definition) is 3. The van der Waals surface area contributed by atoms with Gasteiger partial charge in [0.05, 0.1) is 44.6 Å². The highest BCUT2D eigenvalue weighted by Gasteiger charge is 2.31. The van der Waals surface area contributed by atoms with Crippen LogP contribution in [0.3, 0.4) is 0 Å². The number of aliphatic hydroxyl groups is 1. The normalized spacial score (nSPS) is 14.7. The molecule has 11 nitrogen and oxygen atoms in total. The zero-order chi connectivity index (χ0) is 29.5. The van der Waals surface area contributed by atoms with Gasteiger partial charge in [-0.1, -0.05) is 18.2 Å². The summed E-state index contributed by atoms with van der Waals surface area (Å²) in [6.45, 7) is 7.67. The first-order valence-corrected chi connectivity index (χ1v) is 14.0. The Labute approximate surface area is 239 Å². The molecule has 41 heavy (non-hydrogen) atoms. The van der Waals surface area contributed by atoms with Crippen LogP contribution in [0.5, 0.6) is 5.75 Å². The van der Waals surface area contributed by atoms with Crippen LogP contribution >= 0.6 is 0 Å². The van der Waals surface area contributed by atoms with Crippen LogP contribution in [-0.4, -0.2) is 78.2 Å². The lowest BCUT2D eigenvalue weighted by molar-refractivity contribution is 0.0361. The number of fused-ring (bicyclic) bond motifs is 1. The SMILES string of the molecule is COc1cc(C)[nH]c(=O)c1CNC(=O)c1c(C)n([C@H](C)C2CCN(C(=O)OCCOCCO)CC2)c2ccccc12. The number of rotatable bonds is 11. The summed E-state index contributed by atoms with van der Waals surface area (Å²) in [5, 5.41) is 12.5. The van der Waals surface area contributed by atoms with Crippen molar-refractivity contribution in [1.29, 1.82) is 0 Å². The van der Waals surface area contributed by atoms with E-state index < -0.39 is 0 Å². The molecule has 222 valence electrons. The molecule has 1 aliphatic heterocycles. The number of piperidine rings is 1. The summed E-state index contributed by atoms with van der Waals surface area (Å²) in [5.74, 6) is 0.476. The number of aromatic amines is 1. The number of aromatic nitrogens is 2. The Kier molecular flexibility index (Phi) is 10.1. The number of carbonyl (C=O) groups is 2. The number of pyridine rings is 1. The Balaban J connectivity index is 1.47. The van der Waals surface area contributed by atoms with E-state index >= 15 is 0 Å². The van der Waals surface area contributed by atoms with Crippen molar-refractivity contribution in [2.45, 2.75) is 46.2 Å². The van der Waals surface area contributed by atoms with Crippen molar-refractivity contribution in [2.75, 3.05) is 46.6 Å². The van der Waals surface area contributed by atoms with E-state index in [-0.39, 0.29) is 56.6 Å². The van der Waals surface area contributed by atoms with Gasteiger partial charge in [0.15, 0.2) is 0 Å². The lowest BCUT2D eigenvalue weighted by Crippen LogP contribution is -2.40. The van der Waals surface area contributed by atoms with Gasteiger partial charge in [-0.2, -0.15) is 0 Å². The van der Waals surface area contributed by atoms with Crippen molar-refractivity contribution in [3.05, 3.63) is 63.2 Å². The predicted molar refractivity (Wildman–Crippen MR) is 154 cm³/mol. The lowest BCUT2D eigenvalue weighted by atomic mass is 9.90. The first-order valence-electron chi connectivity index (χ1n) is 14.0. The zero-order valence-electron chi connectivity index (χ0n) is 24.2. The van der Waals surface area contributed by atoms with E-state index in [1.807, 2.05) is 31.2 Å². The van der Waals surface area contributed by atoms with Gasteiger partial charge >= 0.3 is 6.09 Å². The molecule has 1 atom stereocenters. The van der Waals surface area contributed by atoms with Gasteiger partial charge in [0.2, 0.25) is 0 Å². The molecule has 1 fully saturated rings. The number of carbonyl (C=O) groups excluding carboxylic acids is 2. The van der Waals surface area contributed by atoms with Gasteiger partial charge in [-0.25, -0.2) is 4.79 Å². The fourth-order valence-electron chi connectivity index (χ4n) is 5.72. The number of ether oxygens (including phenoxy) is 3. The molecule has 0 unspecified atom stereocenters. The van der Waals surface area contributed by atoms with Crippen LogP contribution in [0.2, 0.25) is 0 Å². The van der Waals surface area contributed by atoms with Gasteiger partial charge in [0, 0.05) is 41.4 Å². The third-order valence-corrected chi connectivity index (χ3v) is 7.83. The topological polar surface area (TPSA) is 135 Å². The van der Waals surface area contributed by atoms with Crippen molar-refractivity contribution in [2.24, 2.45) is 5.92 Å². The highest BCUT2D eigenvalue weighted by molar-refractivity contribution is 6.08. The number of amides is 2. The average molecular weight is 569 g/mol. The fraction of sp³-hybridized carbons (Fsp3) is 0.500. The van der Waals surface area contributed by atoms with Crippen molar-refractivity contribution < 1.29 is 28.9 Å². The molecule has 1 aliphatic rings. The van der Waals surface area contributed by atoms with E-state index in [4.69, 9.17) is 19.3 Å². The molecule has 4 rings (SSSR count). The molecule has 2 aromatic heterocycles. The Morgan fingerprint density at radius 1 is 1.15 bits per heavy atom. The summed E-state index contributed by atoms with van der Waals surface area (Å²) < 4.78 is 18.0. The highest BCUT2D eigenvalue weighted by atomic mass is 16.6. The second kappa shape index (κ2) is 13.7. The molecule has 2 amide bonds. The Hall–Kier alpha value is -3.83. The van der Waals surface area contributed by atoms with E-state index in [9.17, 15) is 14.4 Å². The van der Waals surface area contributed by atoms with Crippen LogP contribution in [0.15, 0.2) is 35.1 Å². The smallest absolute Gasteiger partial charge is 0.409 e. The lowest BCUT2D eigenvalue weighted by Gasteiger charge is -2.35. The third kappa shape index (κ3) is 6.74. The molecule has 3 heterocycles. The number of para-hydroxylation sites is 1. The van der Waals surface area contributed by atoms with Crippen LogP contribution in [0.4, 0.5) is 4.79 Å². The van der Waals surface area contributed by atoms with Gasteiger partial charge < -0.3 is 39.1 Å². The van der Waals surface area contributed by atoms with Crippen LogP contribution < -0.4 is 15.6 Å². The number of nitrogens with zero attached hydrogens (tertiary/aromatic N) is 2. The molecular weight excluding hydrogens is 528 g/mol. The minimum Gasteiger partial charge on any atom is -0.496 e. The summed E-state index contributed by atoms with van der Waals surface area (Å²) in [5.41, 5.74) is 3.16. The number of H-pyrrole nitrogens is 1. The number of likely N-dealkylation sites (tertiary alicyclic amines) is 1. The number of nitrogens with one attached hydrogen (secondary N) is 2. The Bertz CT molecular complexity index is 1420. The van der Waals surface area contributed by atoms with E-state index in [1.165, 1.54) is 7.11 Å². The molecule has 3 N–H and O–H groups in total. The van der Waals surface area contributed by atoms with Crippen molar-refractivity contribution >= 4 is 22.9 Å². The van der Waals surface area contributed by atoms with Crippen LogP contribution in [0.1, 0.15) is 53.1 Å². The first kappa shape index (κ1) is 30.1. The Morgan fingerprint density at radius 2 is 1.88 bits per heavy atom. The maximum absolute atomic E-state index is 13.5. The molecule has 0 bridgehead atoms. The standard InChI is InChI=1S/C30H40N4O7/c1-19-17-26(39-4)24(28(36)32-19)18-31-29(37)27-21(3)34(25-8-6-5-7-23(25)27)20(2)22-9-11-33(12-10-22)30(38)41-16-15-40-14-13-35/h5-8,17,20,22,35H,9-16,18H2,1-4H3,(H,31,37)(H,32,36)/t20-/m1/s1. The number of benzene rings is 1. The molecule has 3 aromatic rings. The minimum absolute atomic E-state index is 0.0360. The largest absolute Gasteiger partial charge is 0.496 e. The molecular formula is C30H40N4O7. The Morgan fingerprint density at radius 3 is 2.59 bits per heavy atom. The van der Waals surface area contributed by atoms with Crippen molar-refractivity contribution in [3.63, 3.8) is 0 Å². The predicted octanol–water partition coefficient (Wildman–Crippen LogP) is 3.30. The summed E-state index contributed by atoms with van der Waals surface area (Å²) in [4.78, 5) is 43.0. The molecule has 0 saturated carbocycles. The van der Waals surface area contributed by atoms with Crippen LogP contribution in [0, 0.1) is 19.8 Å². The van der Waals surface area contributed by atoms with E-state index in [2.05, 4.69) is 21.8 Å². The maximum Gasteiger partial charge on any atom is 0.409 e. The molecule has 0 aliphatic carbocycles. The van der Waals surface area contributed by atoms with E-state index in [0.29, 0.717) is 41.6 Å². The van der Waals surface area contributed by atoms with Crippen LogP contribution in [0.25, 0.3) is 10.9 Å². The number of hydrogen-bond acceptors (Lipinski definition) is 7. The second-order valence-electron chi connectivity index (χ2n) is 10.4. The maximum atomic E-state index is 13.5. The summed E-state index contributed by atoms with van der Waals surface area (Å²) in [6.07, 6.45) is 1.26. The van der Waals surface area contributed by atoms with Gasteiger partial charge in [0.25, 0.3) is 11.5 Å². The quantitative estimate of drug-likeness (QED) is 0.302. The number of methoxy groups -OCH3 is 1. The van der Waals surface area contributed by atoms with E-state index in [0.717, 1.165) is 29.4 Å². The fourth-order valence-corrected chi connectivity index (χ4v) is 5.72. The summed E-state index contributed by atoms with van der Waals surface area (Å²) in [6, 6.07) is 9.68. The number of aliphatic hydroxyl groups excluding tert-OH is 1. The first-order chi connectivity index (χ1) is 19.8. The summed E-state index contributed by atoms with van der Waals surface area (Å²) >= 11 is 0. The van der Waals surface area contributed by atoms with Gasteiger partial charge in [-0.15, -0.1) is 0 Å².